The van der Waals surface area contributed by atoms with Crippen molar-refractivity contribution >= 4 is 0 Å². The largest absolute Gasteiger partial charge is 0.487 e. The minimum absolute atomic E-state index is 0.244. The molecule has 0 radical (unpaired) electrons. The van der Waals surface area contributed by atoms with E-state index in [0.29, 0.717) is 5.75 Å². The number of rotatable bonds is 3. The second kappa shape index (κ2) is 4.31. The molecule has 3 heteroatoms. The van der Waals surface area contributed by atoms with Crippen LogP contribution in [0.5, 0.6) is 11.6 Å². The molecule has 0 bridgehead atoms. The van der Waals surface area contributed by atoms with Crippen molar-refractivity contribution in [3.63, 3.8) is 0 Å². The summed E-state index contributed by atoms with van der Waals surface area (Å²) in [5.74, 6) is 0.880. The predicted molar refractivity (Wildman–Crippen MR) is 55.8 cm³/mol. The Bertz CT molecular complexity index is 303. The van der Waals surface area contributed by atoms with E-state index in [1.165, 1.54) is 13.1 Å². The highest BCUT2D eigenvalue weighted by Gasteiger charge is 2.11. The van der Waals surface area contributed by atoms with E-state index in [1.807, 2.05) is 20.8 Å². The van der Waals surface area contributed by atoms with E-state index in [4.69, 9.17) is 12.2 Å². The molecule has 0 aliphatic heterocycles. The summed E-state index contributed by atoms with van der Waals surface area (Å²) in [4.78, 5) is 3.96. The van der Waals surface area contributed by atoms with Crippen LogP contribution in [-0.2, 0) is 0 Å². The molecule has 0 N–H and O–H groups in total. The molecule has 0 aliphatic rings. The highest BCUT2D eigenvalue weighted by molar-refractivity contribution is 5.23. The highest BCUT2D eigenvalue weighted by atomic mass is 16.5. The van der Waals surface area contributed by atoms with Gasteiger partial charge in [-0.1, -0.05) is 0 Å². The van der Waals surface area contributed by atoms with Crippen LogP contribution >= 0.6 is 0 Å². The van der Waals surface area contributed by atoms with Crippen LogP contribution in [0.4, 0.5) is 0 Å². The van der Waals surface area contributed by atoms with Crippen LogP contribution < -0.4 is 9.47 Å². The quantitative estimate of drug-likeness (QED) is 0.746. The smallest absolute Gasteiger partial charge is 0.213 e. The first-order valence-electron chi connectivity index (χ1n) is 5.50. The normalized spacial score (nSPS) is 14.3. The molecule has 0 spiro atoms. The molecule has 0 aliphatic carbocycles. The van der Waals surface area contributed by atoms with Gasteiger partial charge >= 0.3 is 0 Å². The molecule has 0 unspecified atom stereocenters. The maximum Gasteiger partial charge on any atom is 0.213 e. The summed E-state index contributed by atoms with van der Waals surface area (Å²) < 4.78 is 25.0. The SMILES string of the molecule is [2H]C([2H])(C)Oc1ccc(OC(C)(C)C)cn1. The van der Waals surface area contributed by atoms with E-state index in [2.05, 4.69) is 4.98 Å². The molecule has 0 amide bonds. The Morgan fingerprint density at radius 1 is 1.43 bits per heavy atom. The molecule has 3 nitrogen and oxygen atoms in total. The number of hydrogen-bond donors (Lipinski definition) is 0. The molecule has 14 heavy (non-hydrogen) atoms. The lowest BCUT2D eigenvalue weighted by atomic mass is 10.2. The molecule has 0 saturated carbocycles. The standard InChI is InChI=1S/C11H17NO2/c1-5-13-10-7-6-9(8-12-10)14-11(2,3)4/h6-8H,5H2,1-4H3/i5D2. The predicted octanol–water partition coefficient (Wildman–Crippen LogP) is 2.66. The second-order valence-corrected chi connectivity index (χ2v) is 3.85. The average molecular weight is 197 g/mol. The summed E-state index contributed by atoms with van der Waals surface area (Å²) in [6, 6.07) is 3.29. The number of ether oxygens (including phenoxy) is 2. The monoisotopic (exact) mass is 197 g/mol. The number of pyridine rings is 1. The summed E-state index contributed by atoms with van der Waals surface area (Å²) in [6.07, 6.45) is 1.52. The topological polar surface area (TPSA) is 31.4 Å². The van der Waals surface area contributed by atoms with E-state index in [-0.39, 0.29) is 11.5 Å². The van der Waals surface area contributed by atoms with Gasteiger partial charge in [-0.2, -0.15) is 0 Å². The fraction of sp³-hybridized carbons (Fsp3) is 0.545. The van der Waals surface area contributed by atoms with Crippen LogP contribution in [0.3, 0.4) is 0 Å². The Labute approximate surface area is 87.9 Å². The lowest BCUT2D eigenvalue weighted by molar-refractivity contribution is 0.130. The minimum atomic E-state index is -1.72. The van der Waals surface area contributed by atoms with Crippen LogP contribution in [0.1, 0.15) is 30.4 Å². The van der Waals surface area contributed by atoms with E-state index in [1.54, 1.807) is 12.1 Å². The molecule has 1 aromatic rings. The summed E-state index contributed by atoms with van der Waals surface area (Å²) in [7, 11) is 0. The average Bonchev–Trinajstić information content (AvgIpc) is 2.03. The van der Waals surface area contributed by atoms with Gasteiger partial charge in [0.2, 0.25) is 5.88 Å². The van der Waals surface area contributed by atoms with E-state index in [0.717, 1.165) is 0 Å². The van der Waals surface area contributed by atoms with E-state index >= 15 is 0 Å². The van der Waals surface area contributed by atoms with Gasteiger partial charge in [0.1, 0.15) is 11.4 Å². The Morgan fingerprint density at radius 3 is 2.57 bits per heavy atom. The summed E-state index contributed by atoms with van der Waals surface area (Å²) >= 11 is 0. The lowest BCUT2D eigenvalue weighted by Gasteiger charge is -2.20. The molecule has 0 saturated heterocycles. The number of hydrogen-bond acceptors (Lipinski definition) is 3. The third-order valence-corrected chi connectivity index (χ3v) is 1.34. The first-order valence-corrected chi connectivity index (χ1v) is 4.50. The van der Waals surface area contributed by atoms with Gasteiger partial charge < -0.3 is 9.47 Å². The second-order valence-electron chi connectivity index (χ2n) is 3.85. The molecule has 78 valence electrons. The van der Waals surface area contributed by atoms with Crippen LogP contribution in [0, 0.1) is 0 Å². The van der Waals surface area contributed by atoms with Gasteiger partial charge in [-0.15, -0.1) is 0 Å². The Kier molecular flexibility index (Phi) is 2.49. The number of aromatic nitrogens is 1. The molecule has 1 rings (SSSR count). The van der Waals surface area contributed by atoms with Crippen molar-refractivity contribution in [2.45, 2.75) is 33.3 Å². The van der Waals surface area contributed by atoms with Crippen molar-refractivity contribution in [1.82, 2.24) is 4.98 Å². The van der Waals surface area contributed by atoms with Crippen LogP contribution in [-0.4, -0.2) is 17.1 Å². The molecule has 0 fully saturated rings. The van der Waals surface area contributed by atoms with E-state index < -0.39 is 6.56 Å². The third kappa shape index (κ3) is 3.64. The molecule has 0 aromatic carbocycles. The fourth-order valence-electron chi connectivity index (χ4n) is 0.946. The zero-order chi connectivity index (χ0) is 12.4. The molecule has 0 atom stereocenters. The molecule has 1 aromatic heterocycles. The first kappa shape index (κ1) is 8.09. The summed E-state index contributed by atoms with van der Waals surface area (Å²) in [6.45, 7) is 5.44. The van der Waals surface area contributed by atoms with Crippen molar-refractivity contribution in [2.75, 3.05) is 6.56 Å². The fourth-order valence-corrected chi connectivity index (χ4v) is 0.946. The van der Waals surface area contributed by atoms with Crippen molar-refractivity contribution in [3.05, 3.63) is 18.3 Å². The van der Waals surface area contributed by atoms with Gasteiger partial charge in [0.25, 0.3) is 0 Å². The number of nitrogens with zero attached hydrogens (tertiary/aromatic N) is 1. The van der Waals surface area contributed by atoms with Crippen LogP contribution in [0.2, 0.25) is 0 Å². The Hall–Kier alpha value is -1.25. The molecular weight excluding hydrogens is 178 g/mol. The van der Waals surface area contributed by atoms with Crippen molar-refractivity contribution < 1.29 is 12.2 Å². The molecular formula is C11H17NO2. The van der Waals surface area contributed by atoms with Gasteiger partial charge in [0.05, 0.1) is 15.5 Å². The van der Waals surface area contributed by atoms with Crippen LogP contribution in [0.25, 0.3) is 0 Å². The van der Waals surface area contributed by atoms with Gasteiger partial charge in [-0.3, -0.25) is 0 Å². The zero-order valence-corrected chi connectivity index (χ0v) is 9.00. The minimum Gasteiger partial charge on any atom is -0.487 e. The maximum atomic E-state index is 7.24. The lowest BCUT2D eigenvalue weighted by Crippen LogP contribution is -2.22. The Balaban J connectivity index is 2.69. The summed E-state index contributed by atoms with van der Waals surface area (Å²) in [5, 5.41) is 0. The maximum absolute atomic E-state index is 7.24. The van der Waals surface area contributed by atoms with E-state index in [9.17, 15) is 0 Å². The zero-order valence-electron chi connectivity index (χ0n) is 11.0. The van der Waals surface area contributed by atoms with Crippen molar-refractivity contribution in [3.8, 4) is 11.6 Å². The van der Waals surface area contributed by atoms with Gasteiger partial charge in [0.15, 0.2) is 0 Å². The highest BCUT2D eigenvalue weighted by Crippen LogP contribution is 2.18. The Morgan fingerprint density at radius 2 is 2.14 bits per heavy atom. The van der Waals surface area contributed by atoms with Gasteiger partial charge in [0, 0.05) is 6.07 Å². The first-order chi connectivity index (χ1) is 7.16. The van der Waals surface area contributed by atoms with Gasteiger partial charge in [-0.05, 0) is 33.8 Å². The molecule has 1 heterocycles. The summed E-state index contributed by atoms with van der Waals surface area (Å²) in [5.41, 5.74) is -0.274. The third-order valence-electron chi connectivity index (χ3n) is 1.34. The van der Waals surface area contributed by atoms with Crippen LogP contribution in [0.15, 0.2) is 18.3 Å². The van der Waals surface area contributed by atoms with Crippen molar-refractivity contribution in [2.24, 2.45) is 0 Å². The van der Waals surface area contributed by atoms with Crippen molar-refractivity contribution in [1.29, 1.82) is 0 Å². The van der Waals surface area contributed by atoms with Gasteiger partial charge in [-0.25, -0.2) is 4.98 Å².